The van der Waals surface area contributed by atoms with Crippen molar-refractivity contribution in [3.8, 4) is 0 Å². The Morgan fingerprint density at radius 1 is 1.71 bits per heavy atom. The lowest BCUT2D eigenvalue weighted by Gasteiger charge is -2.14. The smallest absolute Gasteiger partial charge is 0.185 e. The van der Waals surface area contributed by atoms with Crippen molar-refractivity contribution in [3.05, 3.63) is 11.1 Å². The summed E-state index contributed by atoms with van der Waals surface area (Å²) < 4.78 is 0. The maximum atomic E-state index is 7.13. The molecule has 0 unspecified atom stereocenters. The molecule has 1 aromatic heterocycles. The Bertz CT molecular complexity index is 308. The zero-order valence-electron chi connectivity index (χ0n) is 8.58. The van der Waals surface area contributed by atoms with Crippen molar-refractivity contribution >= 4 is 22.3 Å². The number of hydrogen-bond donors (Lipinski definition) is 2. The first-order chi connectivity index (χ1) is 6.63. The van der Waals surface area contributed by atoms with Crippen molar-refractivity contribution < 1.29 is 0 Å². The number of thiazole rings is 1. The van der Waals surface area contributed by atoms with Gasteiger partial charge >= 0.3 is 0 Å². The number of amidine groups is 1. The van der Waals surface area contributed by atoms with Crippen LogP contribution in [0, 0.1) is 5.41 Å². The van der Waals surface area contributed by atoms with Crippen molar-refractivity contribution in [2.75, 3.05) is 18.5 Å². The zero-order valence-corrected chi connectivity index (χ0v) is 9.40. The van der Waals surface area contributed by atoms with Crippen LogP contribution in [-0.4, -0.2) is 24.4 Å². The molecule has 1 aromatic rings. The molecular formula is C9H16N4S. The lowest BCUT2D eigenvalue weighted by Crippen LogP contribution is -2.23. The van der Waals surface area contributed by atoms with Crippen LogP contribution in [0.3, 0.4) is 0 Å². The SMILES string of the molecule is CCc1csc(N(C)CCC(=N)N)n1. The van der Waals surface area contributed by atoms with E-state index in [9.17, 15) is 0 Å². The van der Waals surface area contributed by atoms with Crippen LogP contribution in [0.25, 0.3) is 0 Å². The second kappa shape index (κ2) is 4.95. The number of aryl methyl sites for hydroxylation is 1. The van der Waals surface area contributed by atoms with Gasteiger partial charge in [0.25, 0.3) is 0 Å². The van der Waals surface area contributed by atoms with E-state index in [1.807, 2.05) is 11.9 Å². The molecule has 0 radical (unpaired) electrons. The molecule has 0 aliphatic heterocycles. The third-order valence-corrected chi connectivity index (χ3v) is 2.95. The second-order valence-electron chi connectivity index (χ2n) is 3.17. The van der Waals surface area contributed by atoms with E-state index in [0.717, 1.165) is 23.8 Å². The average Bonchev–Trinajstić information content (AvgIpc) is 2.62. The highest BCUT2D eigenvalue weighted by atomic mass is 32.1. The molecule has 0 bridgehead atoms. The Morgan fingerprint density at radius 3 is 2.93 bits per heavy atom. The fourth-order valence-corrected chi connectivity index (χ4v) is 1.92. The van der Waals surface area contributed by atoms with Crippen LogP contribution in [0.15, 0.2) is 5.38 Å². The van der Waals surface area contributed by atoms with Crippen LogP contribution in [0.5, 0.6) is 0 Å². The van der Waals surface area contributed by atoms with Gasteiger partial charge in [0.1, 0.15) is 0 Å². The monoisotopic (exact) mass is 212 g/mol. The number of hydrogen-bond acceptors (Lipinski definition) is 4. The summed E-state index contributed by atoms with van der Waals surface area (Å²) in [5.41, 5.74) is 6.41. The van der Waals surface area contributed by atoms with Crippen molar-refractivity contribution in [2.24, 2.45) is 5.73 Å². The van der Waals surface area contributed by atoms with Gasteiger partial charge in [-0.25, -0.2) is 4.98 Å². The van der Waals surface area contributed by atoms with Gasteiger partial charge in [0.2, 0.25) is 0 Å². The van der Waals surface area contributed by atoms with Crippen LogP contribution >= 0.6 is 11.3 Å². The van der Waals surface area contributed by atoms with Crippen molar-refractivity contribution in [1.82, 2.24) is 4.98 Å². The fourth-order valence-electron chi connectivity index (χ4n) is 1.02. The van der Waals surface area contributed by atoms with E-state index in [0.29, 0.717) is 6.42 Å². The summed E-state index contributed by atoms with van der Waals surface area (Å²) in [6.07, 6.45) is 1.56. The van der Waals surface area contributed by atoms with E-state index in [2.05, 4.69) is 17.3 Å². The summed E-state index contributed by atoms with van der Waals surface area (Å²) in [6, 6.07) is 0. The van der Waals surface area contributed by atoms with Gasteiger partial charge in [-0.2, -0.15) is 0 Å². The van der Waals surface area contributed by atoms with E-state index in [1.54, 1.807) is 11.3 Å². The number of nitrogens with two attached hydrogens (primary N) is 1. The summed E-state index contributed by atoms with van der Waals surface area (Å²) in [5, 5.41) is 10.2. The molecule has 3 N–H and O–H groups in total. The quantitative estimate of drug-likeness (QED) is 0.573. The van der Waals surface area contributed by atoms with Crippen molar-refractivity contribution in [3.63, 3.8) is 0 Å². The fraction of sp³-hybridized carbons (Fsp3) is 0.556. The molecule has 1 heterocycles. The second-order valence-corrected chi connectivity index (χ2v) is 4.01. The maximum absolute atomic E-state index is 7.13. The van der Waals surface area contributed by atoms with E-state index in [4.69, 9.17) is 11.1 Å². The highest BCUT2D eigenvalue weighted by Crippen LogP contribution is 2.19. The molecule has 0 fully saturated rings. The Morgan fingerprint density at radius 2 is 2.43 bits per heavy atom. The van der Waals surface area contributed by atoms with Crippen LogP contribution in [0.1, 0.15) is 19.0 Å². The average molecular weight is 212 g/mol. The van der Waals surface area contributed by atoms with Crippen LogP contribution < -0.4 is 10.6 Å². The van der Waals surface area contributed by atoms with Crippen molar-refractivity contribution in [2.45, 2.75) is 19.8 Å². The molecular weight excluding hydrogens is 196 g/mol. The Kier molecular flexibility index (Phi) is 3.88. The summed E-state index contributed by atoms with van der Waals surface area (Å²) in [7, 11) is 1.97. The summed E-state index contributed by atoms with van der Waals surface area (Å²) >= 11 is 1.64. The van der Waals surface area contributed by atoms with E-state index < -0.39 is 0 Å². The first-order valence-corrected chi connectivity index (χ1v) is 5.50. The summed E-state index contributed by atoms with van der Waals surface area (Å²) in [4.78, 5) is 6.47. The molecule has 0 atom stereocenters. The number of rotatable bonds is 5. The normalized spacial score (nSPS) is 10.1. The maximum Gasteiger partial charge on any atom is 0.185 e. The van der Waals surface area contributed by atoms with E-state index in [-0.39, 0.29) is 5.84 Å². The Balaban J connectivity index is 2.51. The lowest BCUT2D eigenvalue weighted by molar-refractivity contribution is 0.896. The molecule has 0 aliphatic rings. The van der Waals surface area contributed by atoms with Gasteiger partial charge in [0, 0.05) is 25.4 Å². The molecule has 0 spiro atoms. The van der Waals surface area contributed by atoms with Crippen molar-refractivity contribution in [1.29, 1.82) is 5.41 Å². The van der Waals surface area contributed by atoms with Gasteiger partial charge in [-0.3, -0.25) is 5.41 Å². The van der Waals surface area contributed by atoms with Gasteiger partial charge in [-0.1, -0.05) is 6.92 Å². The number of nitrogens with zero attached hydrogens (tertiary/aromatic N) is 2. The first kappa shape index (κ1) is 11.0. The molecule has 0 amide bonds. The van der Waals surface area contributed by atoms with Gasteiger partial charge in [-0.15, -0.1) is 11.3 Å². The van der Waals surface area contributed by atoms with Gasteiger partial charge in [0.15, 0.2) is 5.13 Å². The Labute approximate surface area is 88.3 Å². The molecule has 0 aliphatic carbocycles. The molecule has 4 nitrogen and oxygen atoms in total. The minimum atomic E-state index is 0.226. The van der Waals surface area contributed by atoms with Crippen LogP contribution in [0.4, 0.5) is 5.13 Å². The third kappa shape index (κ3) is 2.99. The molecule has 1 rings (SSSR count). The van der Waals surface area contributed by atoms with Crippen LogP contribution in [-0.2, 0) is 6.42 Å². The Hall–Kier alpha value is -1.10. The number of anilines is 1. The highest BCUT2D eigenvalue weighted by Gasteiger charge is 2.05. The molecule has 5 heteroatoms. The van der Waals surface area contributed by atoms with Gasteiger partial charge in [-0.05, 0) is 6.42 Å². The molecule has 14 heavy (non-hydrogen) atoms. The molecule has 0 saturated carbocycles. The number of nitrogens with one attached hydrogen (secondary N) is 1. The lowest BCUT2D eigenvalue weighted by atomic mass is 10.4. The summed E-state index contributed by atoms with van der Waals surface area (Å²) in [5.74, 6) is 0.226. The minimum Gasteiger partial charge on any atom is -0.388 e. The molecule has 0 aromatic carbocycles. The first-order valence-electron chi connectivity index (χ1n) is 4.62. The minimum absolute atomic E-state index is 0.226. The topological polar surface area (TPSA) is 66.0 Å². The standard InChI is InChI=1S/C9H16N4S/c1-3-7-6-14-9(12-7)13(2)5-4-8(10)11/h6H,3-5H2,1-2H3,(H3,10,11). The predicted molar refractivity (Wildman–Crippen MR) is 61.3 cm³/mol. The van der Waals surface area contributed by atoms with Gasteiger partial charge < -0.3 is 10.6 Å². The van der Waals surface area contributed by atoms with E-state index >= 15 is 0 Å². The molecule has 0 saturated heterocycles. The largest absolute Gasteiger partial charge is 0.388 e. The molecule has 78 valence electrons. The third-order valence-electron chi connectivity index (χ3n) is 1.94. The van der Waals surface area contributed by atoms with E-state index in [1.165, 1.54) is 0 Å². The van der Waals surface area contributed by atoms with Gasteiger partial charge in [0.05, 0.1) is 11.5 Å². The number of aromatic nitrogens is 1. The summed E-state index contributed by atoms with van der Waals surface area (Å²) in [6.45, 7) is 2.85. The predicted octanol–water partition coefficient (Wildman–Crippen LogP) is 1.47. The highest BCUT2D eigenvalue weighted by molar-refractivity contribution is 7.13. The van der Waals surface area contributed by atoms with Crippen LogP contribution in [0.2, 0.25) is 0 Å². The zero-order chi connectivity index (χ0) is 10.6.